The number of carbonyl (C=O) groups excluding carboxylic acids is 1. The summed E-state index contributed by atoms with van der Waals surface area (Å²) >= 11 is 0. The van der Waals surface area contributed by atoms with Gasteiger partial charge in [0.1, 0.15) is 5.82 Å². The Morgan fingerprint density at radius 2 is 1.82 bits per heavy atom. The number of sulfonamides is 1. The molecule has 0 aliphatic heterocycles. The Bertz CT molecular complexity index is 790. The molecular formula is C15H13FNO4S-. The Kier molecular flexibility index (Phi) is 4.46. The largest absolute Gasteiger partial charge is 0.545 e. The van der Waals surface area contributed by atoms with Crippen molar-refractivity contribution in [3.8, 4) is 0 Å². The molecule has 116 valence electrons. The van der Waals surface area contributed by atoms with E-state index in [1.54, 1.807) is 37.3 Å². The molecule has 0 aromatic heterocycles. The summed E-state index contributed by atoms with van der Waals surface area (Å²) in [5.74, 6) is -2.81. The van der Waals surface area contributed by atoms with Crippen molar-refractivity contribution in [3.05, 3.63) is 59.9 Å². The van der Waals surface area contributed by atoms with Gasteiger partial charge in [-0.25, -0.2) is 12.8 Å². The molecule has 0 aliphatic carbocycles. The van der Waals surface area contributed by atoms with Gasteiger partial charge in [0.25, 0.3) is 10.0 Å². The molecule has 0 unspecified atom stereocenters. The number of nitrogens with zero attached hydrogens (tertiary/aromatic N) is 1. The number of aromatic carboxylic acids is 1. The van der Waals surface area contributed by atoms with Crippen molar-refractivity contribution in [3.63, 3.8) is 0 Å². The number of benzene rings is 2. The van der Waals surface area contributed by atoms with Crippen LogP contribution in [0.25, 0.3) is 0 Å². The topological polar surface area (TPSA) is 77.5 Å². The number of carboxylic acids is 1. The molecule has 0 saturated carbocycles. The third-order valence-corrected chi connectivity index (χ3v) is 4.98. The Morgan fingerprint density at radius 1 is 1.18 bits per heavy atom. The van der Waals surface area contributed by atoms with E-state index in [9.17, 15) is 22.7 Å². The molecule has 0 fully saturated rings. The van der Waals surface area contributed by atoms with Crippen LogP contribution in [-0.4, -0.2) is 20.9 Å². The predicted molar refractivity (Wildman–Crippen MR) is 77.4 cm³/mol. The smallest absolute Gasteiger partial charge is 0.264 e. The zero-order chi connectivity index (χ0) is 16.3. The molecule has 7 heteroatoms. The van der Waals surface area contributed by atoms with E-state index in [2.05, 4.69) is 0 Å². The first-order valence-electron chi connectivity index (χ1n) is 6.46. The van der Waals surface area contributed by atoms with Crippen LogP contribution in [0.2, 0.25) is 0 Å². The van der Waals surface area contributed by atoms with Crippen LogP contribution >= 0.6 is 0 Å². The van der Waals surface area contributed by atoms with E-state index in [1.807, 2.05) is 0 Å². The van der Waals surface area contributed by atoms with Crippen LogP contribution in [0.5, 0.6) is 0 Å². The molecule has 0 atom stereocenters. The highest BCUT2D eigenvalue weighted by molar-refractivity contribution is 7.92. The van der Waals surface area contributed by atoms with E-state index in [0.717, 1.165) is 22.5 Å². The average molecular weight is 322 g/mol. The van der Waals surface area contributed by atoms with Gasteiger partial charge in [-0.3, -0.25) is 4.31 Å². The molecule has 0 saturated heterocycles. The minimum Gasteiger partial charge on any atom is -0.545 e. The third kappa shape index (κ3) is 2.94. The molecule has 2 rings (SSSR count). The molecule has 0 spiro atoms. The van der Waals surface area contributed by atoms with Crippen LogP contribution in [-0.2, 0) is 10.0 Å². The van der Waals surface area contributed by atoms with Gasteiger partial charge in [0.15, 0.2) is 0 Å². The lowest BCUT2D eigenvalue weighted by Gasteiger charge is -2.23. The van der Waals surface area contributed by atoms with Gasteiger partial charge < -0.3 is 9.90 Å². The first kappa shape index (κ1) is 16.0. The molecule has 0 radical (unpaired) electrons. The Balaban J connectivity index is 2.54. The number of hydrogen-bond donors (Lipinski definition) is 0. The van der Waals surface area contributed by atoms with E-state index in [-0.39, 0.29) is 11.4 Å². The van der Waals surface area contributed by atoms with Gasteiger partial charge in [0, 0.05) is 12.1 Å². The van der Waals surface area contributed by atoms with Crippen LogP contribution < -0.4 is 9.41 Å². The summed E-state index contributed by atoms with van der Waals surface area (Å²) in [6.07, 6.45) is 0. The summed E-state index contributed by atoms with van der Waals surface area (Å²) in [6.45, 7) is 1.79. The highest BCUT2D eigenvalue weighted by Gasteiger charge is 2.24. The van der Waals surface area contributed by atoms with E-state index >= 15 is 0 Å². The number of hydrogen-bond acceptors (Lipinski definition) is 4. The molecule has 2 aromatic carbocycles. The maximum atomic E-state index is 13.4. The summed E-state index contributed by atoms with van der Waals surface area (Å²) in [6, 6.07) is 10.9. The Hall–Kier alpha value is -2.41. The van der Waals surface area contributed by atoms with Crippen molar-refractivity contribution in [2.75, 3.05) is 10.8 Å². The number of carboxylic acid groups (broad SMARTS) is 1. The first-order valence-corrected chi connectivity index (χ1v) is 7.90. The van der Waals surface area contributed by atoms with E-state index in [0.29, 0.717) is 5.69 Å². The lowest BCUT2D eigenvalue weighted by atomic mass is 10.2. The van der Waals surface area contributed by atoms with Crippen molar-refractivity contribution in [1.29, 1.82) is 0 Å². The van der Waals surface area contributed by atoms with Gasteiger partial charge in [-0.2, -0.15) is 0 Å². The predicted octanol–water partition coefficient (Wildman–Crippen LogP) is 1.40. The Labute approximate surface area is 127 Å². The molecule has 0 heterocycles. The summed E-state index contributed by atoms with van der Waals surface area (Å²) in [7, 11) is -4.00. The van der Waals surface area contributed by atoms with Gasteiger partial charge in [0.05, 0.1) is 16.6 Å². The van der Waals surface area contributed by atoms with Crippen LogP contribution in [0, 0.1) is 5.82 Å². The second kappa shape index (κ2) is 6.15. The van der Waals surface area contributed by atoms with Crippen molar-refractivity contribution < 1.29 is 22.7 Å². The maximum absolute atomic E-state index is 13.4. The van der Waals surface area contributed by atoms with Crippen molar-refractivity contribution in [2.45, 2.75) is 11.8 Å². The lowest BCUT2D eigenvalue weighted by Crippen LogP contribution is -2.31. The van der Waals surface area contributed by atoms with E-state index in [1.165, 1.54) is 0 Å². The molecule has 0 aliphatic rings. The fraction of sp³-hybridized carbons (Fsp3) is 0.133. The molecule has 2 aromatic rings. The van der Waals surface area contributed by atoms with Gasteiger partial charge >= 0.3 is 0 Å². The Morgan fingerprint density at radius 3 is 2.36 bits per heavy atom. The molecule has 0 N–H and O–H groups in total. The first-order chi connectivity index (χ1) is 10.4. The maximum Gasteiger partial charge on any atom is 0.264 e. The quantitative estimate of drug-likeness (QED) is 0.834. The van der Waals surface area contributed by atoms with Crippen molar-refractivity contribution in [2.24, 2.45) is 0 Å². The van der Waals surface area contributed by atoms with Crippen LogP contribution in [0.3, 0.4) is 0 Å². The minimum atomic E-state index is -4.00. The standard InChI is InChI=1S/C15H14FNO4S/c1-2-17(11-6-4-3-5-7-11)22(20,21)12-8-9-14(16)13(10-12)15(18)19/h3-10H,2H2,1H3,(H,18,19)/p-1. The van der Waals surface area contributed by atoms with Crippen LogP contribution in [0.1, 0.15) is 17.3 Å². The number of halogens is 1. The van der Waals surface area contributed by atoms with Crippen LogP contribution in [0.4, 0.5) is 10.1 Å². The molecule has 5 nitrogen and oxygen atoms in total. The number of para-hydroxylation sites is 1. The summed E-state index contributed by atoms with van der Waals surface area (Å²) < 4.78 is 39.8. The fourth-order valence-corrected chi connectivity index (χ4v) is 3.53. The zero-order valence-corrected chi connectivity index (χ0v) is 12.5. The summed E-state index contributed by atoms with van der Waals surface area (Å²) in [5.41, 5.74) is -0.352. The van der Waals surface area contributed by atoms with E-state index < -0.39 is 27.4 Å². The summed E-state index contributed by atoms with van der Waals surface area (Å²) in [5, 5.41) is 10.9. The molecular weight excluding hydrogens is 309 g/mol. The second-order valence-corrected chi connectivity index (χ2v) is 6.30. The van der Waals surface area contributed by atoms with Crippen LogP contribution in [0.15, 0.2) is 53.4 Å². The highest BCUT2D eigenvalue weighted by Crippen LogP contribution is 2.24. The fourth-order valence-electron chi connectivity index (χ4n) is 2.03. The molecule has 22 heavy (non-hydrogen) atoms. The monoisotopic (exact) mass is 322 g/mol. The average Bonchev–Trinajstić information content (AvgIpc) is 2.48. The third-order valence-electron chi connectivity index (χ3n) is 3.08. The number of rotatable bonds is 5. The SMILES string of the molecule is CCN(c1ccccc1)S(=O)(=O)c1ccc(F)c(C(=O)[O-])c1. The normalized spacial score (nSPS) is 11.2. The van der Waals surface area contributed by atoms with Crippen molar-refractivity contribution >= 4 is 21.7 Å². The summed E-state index contributed by atoms with van der Waals surface area (Å²) in [4.78, 5) is 10.5. The van der Waals surface area contributed by atoms with Crippen molar-refractivity contribution in [1.82, 2.24) is 0 Å². The van der Waals surface area contributed by atoms with E-state index in [4.69, 9.17) is 0 Å². The van der Waals surface area contributed by atoms with Gasteiger partial charge in [0.2, 0.25) is 0 Å². The highest BCUT2D eigenvalue weighted by atomic mass is 32.2. The number of carbonyl (C=O) groups is 1. The minimum absolute atomic E-state index is 0.143. The molecule has 0 amide bonds. The second-order valence-electron chi connectivity index (χ2n) is 4.43. The van der Waals surface area contributed by atoms with Gasteiger partial charge in [-0.05, 0) is 37.3 Å². The number of anilines is 1. The van der Waals surface area contributed by atoms with Gasteiger partial charge in [-0.15, -0.1) is 0 Å². The lowest BCUT2D eigenvalue weighted by molar-refractivity contribution is -0.255. The van der Waals surface area contributed by atoms with Gasteiger partial charge in [-0.1, -0.05) is 18.2 Å². The zero-order valence-electron chi connectivity index (χ0n) is 11.7. The molecule has 0 bridgehead atoms.